The summed E-state index contributed by atoms with van der Waals surface area (Å²) in [6.07, 6.45) is 3.11. The van der Waals surface area contributed by atoms with E-state index in [1.54, 1.807) is 24.5 Å². The lowest BCUT2D eigenvalue weighted by atomic mass is 10.1. The van der Waals surface area contributed by atoms with Gasteiger partial charge in [0, 0.05) is 28.4 Å². The molecule has 26 heavy (non-hydrogen) atoms. The number of carbonyl (C=O) groups is 1. The van der Waals surface area contributed by atoms with E-state index in [-0.39, 0.29) is 6.61 Å². The first-order chi connectivity index (χ1) is 12.5. The first-order valence-corrected chi connectivity index (χ1v) is 9.81. The van der Waals surface area contributed by atoms with Crippen molar-refractivity contribution in [2.45, 2.75) is 19.3 Å². The molecule has 6 heteroatoms. The number of ether oxygens (including phenoxy) is 1. The van der Waals surface area contributed by atoms with Gasteiger partial charge in [-0.25, -0.2) is 9.78 Å². The lowest BCUT2D eigenvalue weighted by Crippen LogP contribution is -2.06. The zero-order valence-electron chi connectivity index (χ0n) is 14.6. The Hall–Kier alpha value is -2.73. The van der Waals surface area contributed by atoms with E-state index in [0.717, 1.165) is 16.7 Å². The SMILES string of the molecule is Cc1ccc(-c2nc(COC(=O)c3cccc(CS(C)=O)c3)co2)cc1. The van der Waals surface area contributed by atoms with Crippen LogP contribution in [0.5, 0.6) is 0 Å². The quantitative estimate of drug-likeness (QED) is 0.617. The van der Waals surface area contributed by atoms with Gasteiger partial charge in [0.15, 0.2) is 0 Å². The fourth-order valence-electron chi connectivity index (χ4n) is 2.45. The van der Waals surface area contributed by atoms with Crippen molar-refractivity contribution in [2.75, 3.05) is 6.26 Å². The minimum Gasteiger partial charge on any atom is -0.455 e. The Morgan fingerprint density at radius 2 is 1.96 bits per heavy atom. The van der Waals surface area contributed by atoms with Crippen molar-refractivity contribution in [1.82, 2.24) is 4.98 Å². The molecule has 3 rings (SSSR count). The first kappa shape index (κ1) is 18.1. The molecule has 0 bridgehead atoms. The number of esters is 1. The summed E-state index contributed by atoms with van der Waals surface area (Å²) < 4.78 is 22.1. The largest absolute Gasteiger partial charge is 0.455 e. The Kier molecular flexibility index (Phi) is 5.63. The molecule has 0 radical (unpaired) electrons. The van der Waals surface area contributed by atoms with Crippen molar-refractivity contribution in [1.29, 1.82) is 0 Å². The first-order valence-electron chi connectivity index (χ1n) is 8.09. The normalized spacial score (nSPS) is 11.9. The Balaban J connectivity index is 1.63. The summed E-state index contributed by atoms with van der Waals surface area (Å²) in [7, 11) is -0.963. The molecule has 134 valence electrons. The average molecular weight is 369 g/mol. The minimum absolute atomic E-state index is 0.0259. The van der Waals surface area contributed by atoms with Gasteiger partial charge in [0.25, 0.3) is 0 Å². The summed E-state index contributed by atoms with van der Waals surface area (Å²) in [6.45, 7) is 2.04. The van der Waals surface area contributed by atoms with Crippen LogP contribution in [0, 0.1) is 6.92 Å². The van der Waals surface area contributed by atoms with Gasteiger partial charge in [-0.15, -0.1) is 0 Å². The molecular weight excluding hydrogens is 350 g/mol. The monoisotopic (exact) mass is 369 g/mol. The zero-order valence-corrected chi connectivity index (χ0v) is 15.4. The average Bonchev–Trinajstić information content (AvgIpc) is 3.09. The van der Waals surface area contributed by atoms with Crippen LogP contribution in [-0.4, -0.2) is 21.4 Å². The molecule has 0 aliphatic rings. The number of rotatable bonds is 6. The molecular formula is C20H19NO4S. The molecule has 0 saturated carbocycles. The third-order valence-electron chi connectivity index (χ3n) is 3.73. The Labute approximate surface area is 154 Å². The van der Waals surface area contributed by atoms with Crippen LogP contribution in [0.25, 0.3) is 11.5 Å². The minimum atomic E-state index is -0.963. The van der Waals surface area contributed by atoms with E-state index in [1.165, 1.54) is 6.26 Å². The number of benzene rings is 2. The number of carbonyl (C=O) groups excluding carboxylic acids is 1. The molecule has 2 aromatic carbocycles. The molecule has 1 aromatic heterocycles. The number of aromatic nitrogens is 1. The van der Waals surface area contributed by atoms with Gasteiger partial charge in [0.05, 0.1) is 5.56 Å². The lowest BCUT2D eigenvalue weighted by molar-refractivity contribution is 0.0467. The van der Waals surface area contributed by atoms with Gasteiger partial charge in [-0.05, 0) is 36.8 Å². The fraction of sp³-hybridized carbons (Fsp3) is 0.200. The fourth-order valence-corrected chi connectivity index (χ4v) is 3.10. The Morgan fingerprint density at radius 1 is 1.19 bits per heavy atom. The maximum atomic E-state index is 12.2. The third kappa shape index (κ3) is 4.67. The van der Waals surface area contributed by atoms with E-state index in [0.29, 0.717) is 22.9 Å². The molecule has 0 aliphatic carbocycles. The topological polar surface area (TPSA) is 69.4 Å². The highest BCUT2D eigenvalue weighted by Crippen LogP contribution is 2.19. The van der Waals surface area contributed by atoms with Crippen LogP contribution < -0.4 is 0 Å². The van der Waals surface area contributed by atoms with Crippen molar-refractivity contribution < 1.29 is 18.2 Å². The Bertz CT molecular complexity index is 931. The van der Waals surface area contributed by atoms with Gasteiger partial charge in [-0.3, -0.25) is 4.21 Å². The van der Waals surface area contributed by atoms with E-state index >= 15 is 0 Å². The van der Waals surface area contributed by atoms with Crippen LogP contribution in [0.4, 0.5) is 0 Å². The molecule has 5 nitrogen and oxygen atoms in total. The summed E-state index contributed by atoms with van der Waals surface area (Å²) in [5.41, 5.74) is 3.83. The van der Waals surface area contributed by atoms with Crippen LogP contribution in [0.15, 0.2) is 59.2 Å². The zero-order chi connectivity index (χ0) is 18.5. The maximum absolute atomic E-state index is 12.2. The third-order valence-corrected chi connectivity index (χ3v) is 4.47. The predicted octanol–water partition coefficient (Wildman–Crippen LogP) is 3.89. The smallest absolute Gasteiger partial charge is 0.338 e. The molecule has 0 saturated heterocycles. The summed E-state index contributed by atoms with van der Waals surface area (Å²) in [6, 6.07) is 14.8. The van der Waals surface area contributed by atoms with E-state index < -0.39 is 16.8 Å². The summed E-state index contributed by atoms with van der Waals surface area (Å²) in [4.78, 5) is 16.6. The molecule has 0 spiro atoms. The summed E-state index contributed by atoms with van der Waals surface area (Å²) in [5, 5.41) is 0. The Morgan fingerprint density at radius 3 is 2.69 bits per heavy atom. The highest BCUT2D eigenvalue weighted by Gasteiger charge is 2.12. The second kappa shape index (κ2) is 8.10. The van der Waals surface area contributed by atoms with Gasteiger partial charge in [-0.2, -0.15) is 0 Å². The van der Waals surface area contributed by atoms with Gasteiger partial charge < -0.3 is 9.15 Å². The molecule has 1 atom stereocenters. The molecule has 0 fully saturated rings. The van der Waals surface area contributed by atoms with Crippen molar-refractivity contribution >= 4 is 16.8 Å². The standard InChI is InChI=1S/C20H19NO4S/c1-14-6-8-16(9-7-14)19-21-18(11-24-19)12-25-20(22)17-5-3-4-15(10-17)13-26(2)23/h3-11H,12-13H2,1-2H3. The number of aryl methyl sites for hydroxylation is 1. The van der Waals surface area contributed by atoms with Gasteiger partial charge in [-0.1, -0.05) is 29.8 Å². The predicted molar refractivity (Wildman–Crippen MR) is 100 cm³/mol. The van der Waals surface area contributed by atoms with Crippen LogP contribution in [0.2, 0.25) is 0 Å². The molecule has 0 N–H and O–H groups in total. The lowest BCUT2D eigenvalue weighted by Gasteiger charge is -2.04. The number of oxazole rings is 1. The van der Waals surface area contributed by atoms with Crippen LogP contribution in [0.3, 0.4) is 0 Å². The van der Waals surface area contributed by atoms with Crippen LogP contribution in [-0.2, 0) is 27.9 Å². The van der Waals surface area contributed by atoms with Crippen LogP contribution >= 0.6 is 0 Å². The highest BCUT2D eigenvalue weighted by molar-refractivity contribution is 7.83. The number of hydrogen-bond donors (Lipinski definition) is 0. The van der Waals surface area contributed by atoms with E-state index in [9.17, 15) is 9.00 Å². The van der Waals surface area contributed by atoms with Gasteiger partial charge in [0.2, 0.25) is 5.89 Å². The van der Waals surface area contributed by atoms with E-state index in [2.05, 4.69) is 4.98 Å². The van der Waals surface area contributed by atoms with Crippen molar-refractivity contribution in [3.63, 3.8) is 0 Å². The number of nitrogens with zero attached hydrogens (tertiary/aromatic N) is 1. The molecule has 0 aliphatic heterocycles. The second-order valence-corrected chi connectivity index (χ2v) is 7.44. The van der Waals surface area contributed by atoms with E-state index in [1.807, 2.05) is 37.3 Å². The highest BCUT2D eigenvalue weighted by atomic mass is 32.2. The van der Waals surface area contributed by atoms with Crippen LogP contribution in [0.1, 0.15) is 27.2 Å². The van der Waals surface area contributed by atoms with Gasteiger partial charge >= 0.3 is 5.97 Å². The van der Waals surface area contributed by atoms with Crippen molar-refractivity contribution in [2.24, 2.45) is 0 Å². The summed E-state index contributed by atoms with van der Waals surface area (Å²) >= 11 is 0. The molecule has 0 amide bonds. The molecule has 3 aromatic rings. The van der Waals surface area contributed by atoms with E-state index in [4.69, 9.17) is 9.15 Å². The summed E-state index contributed by atoms with van der Waals surface area (Å²) in [5.74, 6) is 0.446. The maximum Gasteiger partial charge on any atom is 0.338 e. The van der Waals surface area contributed by atoms with Crippen molar-refractivity contribution in [3.05, 3.63) is 77.2 Å². The second-order valence-electron chi connectivity index (χ2n) is 6.00. The number of hydrogen-bond acceptors (Lipinski definition) is 5. The molecule has 1 unspecified atom stereocenters. The van der Waals surface area contributed by atoms with Gasteiger partial charge in [0.1, 0.15) is 18.6 Å². The van der Waals surface area contributed by atoms with Crippen molar-refractivity contribution in [3.8, 4) is 11.5 Å². The molecule has 1 heterocycles.